The zero-order chi connectivity index (χ0) is 11.0. The van der Waals surface area contributed by atoms with Crippen LogP contribution in [0.15, 0.2) is 10.9 Å². The van der Waals surface area contributed by atoms with Crippen molar-refractivity contribution in [1.29, 1.82) is 0 Å². The van der Waals surface area contributed by atoms with Gasteiger partial charge in [0.05, 0.1) is 5.39 Å². The van der Waals surface area contributed by atoms with Crippen LogP contribution in [0.2, 0.25) is 0 Å². The van der Waals surface area contributed by atoms with Crippen LogP contribution in [-0.2, 0) is 13.0 Å². The van der Waals surface area contributed by atoms with Gasteiger partial charge in [0.15, 0.2) is 0 Å². The Hall–Kier alpha value is -1.16. The number of thiophene rings is 1. The highest BCUT2D eigenvalue weighted by Gasteiger charge is 2.09. The lowest BCUT2D eigenvalue weighted by Gasteiger charge is -2.04. The molecule has 0 aliphatic carbocycles. The maximum absolute atomic E-state index is 12.0. The third-order valence-corrected chi connectivity index (χ3v) is 3.73. The summed E-state index contributed by atoms with van der Waals surface area (Å²) in [6, 6.07) is 1.97. The second-order valence-electron chi connectivity index (χ2n) is 3.49. The predicted octanol–water partition coefficient (Wildman–Crippen LogP) is 2.35. The van der Waals surface area contributed by atoms with Crippen molar-refractivity contribution < 1.29 is 0 Å². The van der Waals surface area contributed by atoms with Gasteiger partial charge in [-0.15, -0.1) is 11.3 Å². The first kappa shape index (κ1) is 10.4. The highest BCUT2D eigenvalue weighted by Crippen LogP contribution is 2.21. The SMILES string of the molecule is CCc1cc2c(=O)n(CC)c(C)nc2s1. The fourth-order valence-corrected chi connectivity index (χ4v) is 2.72. The number of rotatable bonds is 2. The lowest BCUT2D eigenvalue weighted by Crippen LogP contribution is -2.22. The van der Waals surface area contributed by atoms with Crippen molar-refractivity contribution in [1.82, 2.24) is 9.55 Å². The molecule has 0 bridgehead atoms. The Kier molecular flexibility index (Phi) is 2.61. The largest absolute Gasteiger partial charge is 0.297 e. The van der Waals surface area contributed by atoms with Gasteiger partial charge in [-0.3, -0.25) is 9.36 Å². The van der Waals surface area contributed by atoms with Gasteiger partial charge < -0.3 is 0 Å². The van der Waals surface area contributed by atoms with Gasteiger partial charge in [0.1, 0.15) is 10.7 Å². The first-order valence-electron chi connectivity index (χ1n) is 5.17. The summed E-state index contributed by atoms with van der Waals surface area (Å²) < 4.78 is 1.72. The van der Waals surface area contributed by atoms with E-state index >= 15 is 0 Å². The first-order chi connectivity index (χ1) is 7.17. The van der Waals surface area contributed by atoms with Crippen molar-refractivity contribution in [2.75, 3.05) is 0 Å². The molecule has 0 saturated heterocycles. The maximum atomic E-state index is 12.0. The predicted molar refractivity (Wildman–Crippen MR) is 63.7 cm³/mol. The highest BCUT2D eigenvalue weighted by atomic mass is 32.1. The van der Waals surface area contributed by atoms with E-state index in [1.165, 1.54) is 4.88 Å². The van der Waals surface area contributed by atoms with Crippen LogP contribution in [0.5, 0.6) is 0 Å². The Labute approximate surface area is 92.4 Å². The summed E-state index contributed by atoms with van der Waals surface area (Å²) in [4.78, 5) is 18.6. The monoisotopic (exact) mass is 222 g/mol. The van der Waals surface area contributed by atoms with Gasteiger partial charge in [0.25, 0.3) is 5.56 Å². The van der Waals surface area contributed by atoms with Gasteiger partial charge in [-0.1, -0.05) is 6.92 Å². The molecule has 0 radical (unpaired) electrons. The van der Waals surface area contributed by atoms with Crippen LogP contribution < -0.4 is 5.56 Å². The summed E-state index contributed by atoms with van der Waals surface area (Å²) >= 11 is 1.62. The highest BCUT2D eigenvalue weighted by molar-refractivity contribution is 7.18. The second-order valence-corrected chi connectivity index (χ2v) is 4.61. The molecule has 2 rings (SSSR count). The van der Waals surface area contributed by atoms with E-state index in [0.29, 0.717) is 6.54 Å². The summed E-state index contributed by atoms with van der Waals surface area (Å²) in [7, 11) is 0. The lowest BCUT2D eigenvalue weighted by atomic mass is 10.3. The minimum Gasteiger partial charge on any atom is -0.297 e. The summed E-state index contributed by atoms with van der Waals surface area (Å²) in [6.45, 7) is 6.63. The topological polar surface area (TPSA) is 34.9 Å². The third-order valence-electron chi connectivity index (χ3n) is 2.56. The van der Waals surface area contributed by atoms with Gasteiger partial charge in [-0.25, -0.2) is 4.98 Å². The standard InChI is InChI=1S/C11H14N2OS/c1-4-8-6-9-10(15-8)12-7(3)13(5-2)11(9)14/h6H,4-5H2,1-3H3. The molecule has 4 heteroatoms. The van der Waals surface area contributed by atoms with Crippen molar-refractivity contribution in [2.45, 2.75) is 33.7 Å². The molecule has 2 aromatic heterocycles. The Morgan fingerprint density at radius 2 is 2.20 bits per heavy atom. The van der Waals surface area contributed by atoms with Crippen molar-refractivity contribution in [3.05, 3.63) is 27.1 Å². The molecule has 80 valence electrons. The number of nitrogens with zero attached hydrogens (tertiary/aromatic N) is 2. The van der Waals surface area contributed by atoms with E-state index in [1.807, 2.05) is 19.9 Å². The molecule has 15 heavy (non-hydrogen) atoms. The van der Waals surface area contributed by atoms with Crippen molar-refractivity contribution >= 4 is 21.6 Å². The lowest BCUT2D eigenvalue weighted by molar-refractivity contribution is 0.686. The second kappa shape index (κ2) is 3.77. The summed E-state index contributed by atoms with van der Waals surface area (Å²) in [5, 5.41) is 0.768. The molecule has 0 unspecified atom stereocenters. The summed E-state index contributed by atoms with van der Waals surface area (Å²) in [5.41, 5.74) is 0.0935. The Morgan fingerprint density at radius 3 is 2.80 bits per heavy atom. The molecule has 2 aromatic rings. The van der Waals surface area contributed by atoms with Crippen LogP contribution in [0.4, 0.5) is 0 Å². The normalized spacial score (nSPS) is 11.1. The molecule has 0 saturated carbocycles. The fourth-order valence-electron chi connectivity index (χ4n) is 1.71. The molecule has 0 atom stereocenters. The molecular weight excluding hydrogens is 208 g/mol. The van der Waals surface area contributed by atoms with Gasteiger partial charge in [-0.2, -0.15) is 0 Å². The molecule has 0 aliphatic heterocycles. The Bertz CT molecular complexity index is 553. The van der Waals surface area contributed by atoms with E-state index < -0.39 is 0 Å². The van der Waals surface area contributed by atoms with Crippen molar-refractivity contribution in [3.8, 4) is 0 Å². The number of aromatic nitrogens is 2. The van der Waals surface area contributed by atoms with Crippen LogP contribution in [0.25, 0.3) is 10.2 Å². The molecular formula is C11H14N2OS. The fraction of sp³-hybridized carbons (Fsp3) is 0.455. The molecule has 0 aromatic carbocycles. The van der Waals surface area contributed by atoms with E-state index in [9.17, 15) is 4.79 Å². The quantitative estimate of drug-likeness (QED) is 0.781. The number of hydrogen-bond acceptors (Lipinski definition) is 3. The van der Waals surface area contributed by atoms with Crippen LogP contribution in [0.3, 0.4) is 0 Å². The van der Waals surface area contributed by atoms with Gasteiger partial charge in [0.2, 0.25) is 0 Å². The smallest absolute Gasteiger partial charge is 0.262 e. The van der Waals surface area contributed by atoms with E-state index in [-0.39, 0.29) is 5.56 Å². The third kappa shape index (κ3) is 1.59. The van der Waals surface area contributed by atoms with Gasteiger partial charge in [0, 0.05) is 11.4 Å². The van der Waals surface area contributed by atoms with Crippen molar-refractivity contribution in [3.63, 3.8) is 0 Å². The average molecular weight is 222 g/mol. The molecule has 2 heterocycles. The van der Waals surface area contributed by atoms with Crippen LogP contribution in [0.1, 0.15) is 24.5 Å². The van der Waals surface area contributed by atoms with Crippen molar-refractivity contribution in [2.24, 2.45) is 0 Å². The van der Waals surface area contributed by atoms with E-state index in [1.54, 1.807) is 15.9 Å². The Morgan fingerprint density at radius 1 is 1.47 bits per heavy atom. The van der Waals surface area contributed by atoms with Gasteiger partial charge in [-0.05, 0) is 26.3 Å². The Balaban J connectivity index is 2.82. The van der Waals surface area contributed by atoms with Gasteiger partial charge >= 0.3 is 0 Å². The molecule has 0 fully saturated rings. The summed E-state index contributed by atoms with van der Waals surface area (Å²) in [5.74, 6) is 0.805. The number of hydrogen-bond donors (Lipinski definition) is 0. The van der Waals surface area contributed by atoms with Crippen LogP contribution in [-0.4, -0.2) is 9.55 Å². The number of fused-ring (bicyclic) bond motifs is 1. The molecule has 0 N–H and O–H groups in total. The molecule has 3 nitrogen and oxygen atoms in total. The number of aryl methyl sites for hydroxylation is 2. The molecule has 0 aliphatic rings. The minimum atomic E-state index is 0.0935. The molecule has 0 amide bonds. The van der Waals surface area contributed by atoms with Crippen LogP contribution >= 0.6 is 11.3 Å². The zero-order valence-electron chi connectivity index (χ0n) is 9.20. The zero-order valence-corrected chi connectivity index (χ0v) is 10.0. The van der Waals surface area contributed by atoms with E-state index in [4.69, 9.17) is 0 Å². The van der Waals surface area contributed by atoms with E-state index in [2.05, 4.69) is 11.9 Å². The summed E-state index contributed by atoms with van der Waals surface area (Å²) in [6.07, 6.45) is 0.964. The molecule has 0 spiro atoms. The van der Waals surface area contributed by atoms with E-state index in [0.717, 1.165) is 22.5 Å². The average Bonchev–Trinajstić information content (AvgIpc) is 2.61. The van der Waals surface area contributed by atoms with Crippen LogP contribution in [0, 0.1) is 6.92 Å². The maximum Gasteiger partial charge on any atom is 0.262 e. The minimum absolute atomic E-state index is 0.0935. The first-order valence-corrected chi connectivity index (χ1v) is 5.98.